The highest BCUT2D eigenvalue weighted by atomic mass is 35.5. The van der Waals surface area contributed by atoms with E-state index in [9.17, 15) is 0 Å². The highest BCUT2D eigenvalue weighted by Crippen LogP contribution is 2.25. The van der Waals surface area contributed by atoms with Crippen molar-refractivity contribution in [2.24, 2.45) is 0 Å². The summed E-state index contributed by atoms with van der Waals surface area (Å²) in [7, 11) is 0. The third-order valence-electron chi connectivity index (χ3n) is 2.63. The Bertz CT molecular complexity index is 727. The number of pyridine rings is 3. The molecule has 5 heteroatoms. The topological polar surface area (TPSA) is 64.7 Å². The average molecular weight is 257 g/mol. The van der Waals surface area contributed by atoms with Crippen molar-refractivity contribution in [2.45, 2.75) is 0 Å². The van der Waals surface area contributed by atoms with E-state index in [0.29, 0.717) is 22.1 Å². The fourth-order valence-corrected chi connectivity index (χ4v) is 1.93. The van der Waals surface area contributed by atoms with E-state index in [2.05, 4.69) is 15.0 Å². The van der Waals surface area contributed by atoms with E-state index >= 15 is 0 Å². The van der Waals surface area contributed by atoms with Crippen LogP contribution >= 0.6 is 11.6 Å². The van der Waals surface area contributed by atoms with Crippen LogP contribution in [0.4, 0.5) is 5.69 Å². The van der Waals surface area contributed by atoms with Crippen LogP contribution in [0.2, 0.25) is 5.02 Å². The molecule has 0 atom stereocenters. The summed E-state index contributed by atoms with van der Waals surface area (Å²) < 4.78 is 0. The number of hydrogen-bond donors (Lipinski definition) is 1. The summed E-state index contributed by atoms with van der Waals surface area (Å²) in [5, 5.41) is 1.46. The minimum Gasteiger partial charge on any atom is -0.398 e. The minimum atomic E-state index is 0.621. The number of anilines is 1. The molecule has 0 unspecified atom stereocenters. The van der Waals surface area contributed by atoms with Crippen LogP contribution in [0.1, 0.15) is 0 Å². The molecule has 0 saturated heterocycles. The average Bonchev–Trinajstić information content (AvgIpc) is 2.39. The number of hydrogen-bond acceptors (Lipinski definition) is 4. The van der Waals surface area contributed by atoms with Crippen molar-refractivity contribution >= 4 is 28.2 Å². The second kappa shape index (κ2) is 4.23. The molecule has 0 aliphatic rings. The predicted octanol–water partition coefficient (Wildman–Crippen LogP) is 2.93. The lowest BCUT2D eigenvalue weighted by atomic mass is 10.1. The van der Waals surface area contributed by atoms with E-state index in [-0.39, 0.29) is 0 Å². The van der Waals surface area contributed by atoms with Crippen molar-refractivity contribution in [2.75, 3.05) is 5.73 Å². The lowest BCUT2D eigenvalue weighted by molar-refractivity contribution is 1.27. The molecule has 3 aromatic rings. The fraction of sp³-hybridized carbons (Fsp3) is 0. The Balaban J connectivity index is 2.24. The van der Waals surface area contributed by atoms with Gasteiger partial charge in [0.05, 0.1) is 16.9 Å². The zero-order valence-corrected chi connectivity index (χ0v) is 10.1. The standard InChI is InChI=1S/C13H9ClN4/c14-8-1-4-17-12(5-8)13-6-10(15)9-7-16-3-2-11(9)18-13/h1-7H,(H2,15,18). The SMILES string of the molecule is Nc1cc(-c2cc(Cl)ccn2)nc2ccncc12. The van der Waals surface area contributed by atoms with Gasteiger partial charge in [0.25, 0.3) is 0 Å². The van der Waals surface area contributed by atoms with E-state index in [0.717, 1.165) is 10.9 Å². The number of nitrogen functional groups attached to an aromatic ring is 1. The molecule has 3 aromatic heterocycles. The van der Waals surface area contributed by atoms with Gasteiger partial charge in [-0.15, -0.1) is 0 Å². The Morgan fingerprint density at radius 2 is 1.94 bits per heavy atom. The van der Waals surface area contributed by atoms with Gasteiger partial charge in [-0.1, -0.05) is 11.6 Å². The van der Waals surface area contributed by atoms with E-state index in [1.807, 2.05) is 6.07 Å². The summed E-state index contributed by atoms with van der Waals surface area (Å²) in [6.45, 7) is 0. The van der Waals surface area contributed by atoms with E-state index < -0.39 is 0 Å². The van der Waals surface area contributed by atoms with Crippen LogP contribution in [-0.2, 0) is 0 Å². The van der Waals surface area contributed by atoms with Gasteiger partial charge < -0.3 is 5.73 Å². The summed E-state index contributed by atoms with van der Waals surface area (Å²) in [5.41, 5.74) is 8.82. The van der Waals surface area contributed by atoms with Gasteiger partial charge in [0.1, 0.15) is 0 Å². The van der Waals surface area contributed by atoms with Crippen molar-refractivity contribution in [1.29, 1.82) is 0 Å². The number of nitrogens with two attached hydrogens (primary N) is 1. The third kappa shape index (κ3) is 1.87. The number of fused-ring (bicyclic) bond motifs is 1. The maximum Gasteiger partial charge on any atom is 0.0914 e. The van der Waals surface area contributed by atoms with Crippen LogP contribution in [0.3, 0.4) is 0 Å². The summed E-state index contributed by atoms with van der Waals surface area (Å²) in [4.78, 5) is 12.8. The molecule has 0 aliphatic carbocycles. The zero-order chi connectivity index (χ0) is 12.5. The van der Waals surface area contributed by atoms with Gasteiger partial charge in [-0.2, -0.15) is 0 Å². The Kier molecular flexibility index (Phi) is 2.57. The lowest BCUT2D eigenvalue weighted by Gasteiger charge is -2.05. The van der Waals surface area contributed by atoms with Gasteiger partial charge >= 0.3 is 0 Å². The van der Waals surface area contributed by atoms with Crippen LogP contribution in [0, 0.1) is 0 Å². The fourth-order valence-electron chi connectivity index (χ4n) is 1.77. The number of rotatable bonds is 1. The number of aromatic nitrogens is 3. The van der Waals surface area contributed by atoms with Crippen LogP contribution in [0.25, 0.3) is 22.3 Å². The largest absolute Gasteiger partial charge is 0.398 e. The summed E-state index contributed by atoms with van der Waals surface area (Å²) >= 11 is 5.94. The molecule has 88 valence electrons. The first kappa shape index (κ1) is 10.9. The normalized spacial score (nSPS) is 10.7. The Hall–Kier alpha value is -2.20. The highest BCUT2D eigenvalue weighted by molar-refractivity contribution is 6.30. The molecule has 4 nitrogen and oxygen atoms in total. The first-order valence-corrected chi connectivity index (χ1v) is 5.74. The Morgan fingerprint density at radius 3 is 2.78 bits per heavy atom. The number of nitrogens with zero attached hydrogens (tertiary/aromatic N) is 3. The van der Waals surface area contributed by atoms with E-state index in [1.165, 1.54) is 0 Å². The molecule has 2 N–H and O–H groups in total. The molecule has 0 saturated carbocycles. The van der Waals surface area contributed by atoms with Gasteiger partial charge in [0.15, 0.2) is 0 Å². The molecule has 0 aliphatic heterocycles. The van der Waals surface area contributed by atoms with Crippen molar-refractivity contribution < 1.29 is 0 Å². The van der Waals surface area contributed by atoms with Crippen molar-refractivity contribution in [3.8, 4) is 11.4 Å². The van der Waals surface area contributed by atoms with Crippen LogP contribution < -0.4 is 5.73 Å². The first-order valence-electron chi connectivity index (χ1n) is 5.36. The second-order valence-electron chi connectivity index (χ2n) is 3.85. The van der Waals surface area contributed by atoms with Gasteiger partial charge in [0.2, 0.25) is 0 Å². The van der Waals surface area contributed by atoms with Crippen LogP contribution in [0.5, 0.6) is 0 Å². The highest BCUT2D eigenvalue weighted by Gasteiger charge is 2.06. The van der Waals surface area contributed by atoms with Crippen molar-refractivity contribution in [3.05, 3.63) is 47.9 Å². The van der Waals surface area contributed by atoms with Gasteiger partial charge in [-0.05, 0) is 24.3 Å². The summed E-state index contributed by atoms with van der Waals surface area (Å²) in [6.07, 6.45) is 5.03. The maximum atomic E-state index is 5.99. The molecule has 3 rings (SSSR count). The van der Waals surface area contributed by atoms with Crippen LogP contribution in [0.15, 0.2) is 42.9 Å². The van der Waals surface area contributed by atoms with Crippen LogP contribution in [-0.4, -0.2) is 15.0 Å². The van der Waals surface area contributed by atoms with Crippen molar-refractivity contribution in [3.63, 3.8) is 0 Å². The molecule has 18 heavy (non-hydrogen) atoms. The monoisotopic (exact) mass is 256 g/mol. The molecule has 3 heterocycles. The molecule has 0 radical (unpaired) electrons. The molecule has 0 fully saturated rings. The van der Waals surface area contributed by atoms with Gasteiger partial charge in [-0.25, -0.2) is 4.98 Å². The van der Waals surface area contributed by atoms with Crippen molar-refractivity contribution in [1.82, 2.24) is 15.0 Å². The molecular formula is C13H9ClN4. The first-order chi connectivity index (χ1) is 8.74. The minimum absolute atomic E-state index is 0.621. The second-order valence-corrected chi connectivity index (χ2v) is 4.29. The Morgan fingerprint density at radius 1 is 1.06 bits per heavy atom. The van der Waals surface area contributed by atoms with Gasteiger partial charge in [0, 0.05) is 34.7 Å². The molecule has 0 amide bonds. The van der Waals surface area contributed by atoms with E-state index in [4.69, 9.17) is 17.3 Å². The third-order valence-corrected chi connectivity index (χ3v) is 2.86. The molecule has 0 bridgehead atoms. The summed E-state index contributed by atoms with van der Waals surface area (Å²) in [6, 6.07) is 7.08. The molecular weight excluding hydrogens is 248 g/mol. The smallest absolute Gasteiger partial charge is 0.0914 e. The lowest BCUT2D eigenvalue weighted by Crippen LogP contribution is -1.94. The summed E-state index contributed by atoms with van der Waals surface area (Å²) in [5.74, 6) is 0. The number of halogens is 1. The Labute approximate surface area is 108 Å². The predicted molar refractivity (Wildman–Crippen MR) is 72.2 cm³/mol. The molecule has 0 aromatic carbocycles. The molecule has 0 spiro atoms. The van der Waals surface area contributed by atoms with Gasteiger partial charge in [-0.3, -0.25) is 9.97 Å². The van der Waals surface area contributed by atoms with E-state index in [1.54, 1.807) is 36.8 Å². The zero-order valence-electron chi connectivity index (χ0n) is 9.34. The maximum absolute atomic E-state index is 5.99. The quantitative estimate of drug-likeness (QED) is 0.727.